The molecular formula is C12H14N4O2S. The van der Waals surface area contributed by atoms with Gasteiger partial charge >= 0.3 is 6.03 Å². The Morgan fingerprint density at radius 1 is 1.53 bits per heavy atom. The normalized spacial score (nSPS) is 10.3. The van der Waals surface area contributed by atoms with Crippen molar-refractivity contribution in [3.05, 3.63) is 30.1 Å². The zero-order valence-electron chi connectivity index (χ0n) is 10.5. The number of anilines is 1. The molecule has 0 spiro atoms. The number of aromatic amines is 1. The van der Waals surface area contributed by atoms with Crippen molar-refractivity contribution >= 4 is 24.5 Å². The van der Waals surface area contributed by atoms with Crippen molar-refractivity contribution in [2.75, 3.05) is 11.4 Å². The molecule has 0 unspecified atom stereocenters. The smallest absolute Gasteiger partial charge is 0.329 e. The van der Waals surface area contributed by atoms with Crippen molar-refractivity contribution in [1.29, 1.82) is 0 Å². The highest BCUT2D eigenvalue weighted by molar-refractivity contribution is 7.82. The summed E-state index contributed by atoms with van der Waals surface area (Å²) in [6.07, 6.45) is 1.80. The van der Waals surface area contributed by atoms with Gasteiger partial charge in [0.2, 0.25) is 0 Å². The largest absolute Gasteiger partial charge is 0.496 e. The third kappa shape index (κ3) is 2.65. The van der Waals surface area contributed by atoms with Gasteiger partial charge in [-0.3, -0.25) is 0 Å². The average molecular weight is 278 g/mol. The van der Waals surface area contributed by atoms with Crippen molar-refractivity contribution in [2.24, 2.45) is 5.73 Å². The van der Waals surface area contributed by atoms with Crippen LogP contribution in [0.3, 0.4) is 0 Å². The van der Waals surface area contributed by atoms with Crippen LogP contribution in [0.15, 0.2) is 24.4 Å². The van der Waals surface area contributed by atoms with Gasteiger partial charge in [0, 0.05) is 12.3 Å². The third-order valence-corrected chi connectivity index (χ3v) is 3.03. The van der Waals surface area contributed by atoms with E-state index in [9.17, 15) is 4.79 Å². The lowest BCUT2D eigenvalue weighted by Gasteiger charge is -2.15. The fourth-order valence-electron chi connectivity index (χ4n) is 1.69. The summed E-state index contributed by atoms with van der Waals surface area (Å²) in [5, 5.41) is 0. The Labute approximate surface area is 116 Å². The highest BCUT2D eigenvalue weighted by Crippen LogP contribution is 2.32. The van der Waals surface area contributed by atoms with Gasteiger partial charge < -0.3 is 15.5 Å². The number of urea groups is 1. The second-order valence-corrected chi connectivity index (χ2v) is 4.33. The van der Waals surface area contributed by atoms with E-state index < -0.39 is 6.03 Å². The van der Waals surface area contributed by atoms with Crippen molar-refractivity contribution < 1.29 is 9.53 Å². The fourth-order valence-corrected chi connectivity index (χ4v) is 1.81. The van der Waals surface area contributed by atoms with Gasteiger partial charge in [-0.15, -0.1) is 0 Å². The van der Waals surface area contributed by atoms with Gasteiger partial charge in [-0.25, -0.2) is 14.1 Å². The maximum atomic E-state index is 11.1. The Kier molecular flexibility index (Phi) is 3.66. The highest BCUT2D eigenvalue weighted by Gasteiger charge is 2.14. The van der Waals surface area contributed by atoms with Crippen LogP contribution in [0.5, 0.6) is 5.75 Å². The number of methoxy groups -OCH3 is 1. The van der Waals surface area contributed by atoms with E-state index in [0.29, 0.717) is 17.3 Å². The van der Waals surface area contributed by atoms with Crippen molar-refractivity contribution in [3.63, 3.8) is 0 Å². The van der Waals surface area contributed by atoms with Gasteiger partial charge in [-0.05, 0) is 19.1 Å². The summed E-state index contributed by atoms with van der Waals surface area (Å²) in [5.41, 5.74) is 7.37. The molecule has 0 saturated heterocycles. The third-order valence-electron chi connectivity index (χ3n) is 2.60. The number of amides is 2. The number of primary amides is 1. The molecule has 6 nitrogen and oxygen atoms in total. The Bertz CT molecular complexity index is 612. The summed E-state index contributed by atoms with van der Waals surface area (Å²) in [7, 11) is 1.55. The van der Waals surface area contributed by atoms with E-state index in [2.05, 4.69) is 22.8 Å². The molecule has 0 fully saturated rings. The van der Waals surface area contributed by atoms with E-state index in [-0.39, 0.29) is 0 Å². The Hall–Kier alpha value is -2.15. The van der Waals surface area contributed by atoms with E-state index in [1.165, 1.54) is 0 Å². The number of rotatable bonds is 3. The number of carbonyl (C=O) groups excluding carboxylic acids is 1. The van der Waals surface area contributed by atoms with Crippen LogP contribution < -0.4 is 14.8 Å². The van der Waals surface area contributed by atoms with Crippen LogP contribution in [-0.2, 0) is 0 Å². The van der Waals surface area contributed by atoms with Crippen molar-refractivity contribution in [2.45, 2.75) is 6.92 Å². The zero-order valence-corrected chi connectivity index (χ0v) is 11.4. The summed E-state index contributed by atoms with van der Waals surface area (Å²) in [4.78, 5) is 18.5. The summed E-state index contributed by atoms with van der Waals surface area (Å²) >= 11 is 4.01. The lowest BCUT2D eigenvalue weighted by molar-refractivity contribution is 0.257. The minimum atomic E-state index is -0.660. The van der Waals surface area contributed by atoms with E-state index >= 15 is 0 Å². The monoisotopic (exact) mass is 278 g/mol. The second kappa shape index (κ2) is 5.23. The first-order chi connectivity index (χ1) is 9.02. The van der Waals surface area contributed by atoms with E-state index in [4.69, 9.17) is 10.5 Å². The number of hydrogen-bond donors (Lipinski definition) is 3. The number of benzene rings is 1. The molecule has 100 valence electrons. The predicted molar refractivity (Wildman–Crippen MR) is 76.4 cm³/mol. The first kappa shape index (κ1) is 13.3. The molecule has 3 N–H and O–H groups in total. The number of carbonyl (C=O) groups is 1. The number of nitrogens with zero attached hydrogens (tertiary/aromatic N) is 2. The SMILES string of the molecule is COc1cc(N(S)C(N)=O)ccc1-c1nc(C)c[nH]1. The van der Waals surface area contributed by atoms with Gasteiger partial charge in [0.15, 0.2) is 0 Å². The minimum absolute atomic E-state index is 0.528. The van der Waals surface area contributed by atoms with Gasteiger partial charge in [-0.2, -0.15) is 0 Å². The number of thiol groups is 1. The maximum absolute atomic E-state index is 11.1. The maximum Gasteiger partial charge on any atom is 0.329 e. The Balaban J connectivity index is 2.45. The summed E-state index contributed by atoms with van der Waals surface area (Å²) in [6.45, 7) is 1.89. The van der Waals surface area contributed by atoms with E-state index in [1.807, 2.05) is 6.92 Å². The van der Waals surface area contributed by atoms with Crippen LogP contribution in [0.25, 0.3) is 11.4 Å². The van der Waals surface area contributed by atoms with E-state index in [1.54, 1.807) is 31.5 Å². The molecule has 0 radical (unpaired) electrons. The lowest BCUT2D eigenvalue weighted by atomic mass is 10.1. The molecular weight excluding hydrogens is 264 g/mol. The van der Waals surface area contributed by atoms with Crippen LogP contribution in [0, 0.1) is 6.92 Å². The number of imidazole rings is 1. The first-order valence-electron chi connectivity index (χ1n) is 5.51. The molecule has 7 heteroatoms. The number of H-pyrrole nitrogens is 1. The van der Waals surface area contributed by atoms with Gasteiger partial charge in [0.25, 0.3) is 0 Å². The summed E-state index contributed by atoms with van der Waals surface area (Å²) in [6, 6.07) is 4.52. The molecule has 0 aliphatic carbocycles. The molecule has 2 aromatic rings. The lowest BCUT2D eigenvalue weighted by Crippen LogP contribution is -2.27. The van der Waals surface area contributed by atoms with Gasteiger partial charge in [-0.1, -0.05) is 12.8 Å². The number of aryl methyl sites for hydroxylation is 1. The number of nitrogens with two attached hydrogens (primary N) is 1. The van der Waals surface area contributed by atoms with Crippen molar-refractivity contribution in [1.82, 2.24) is 9.97 Å². The first-order valence-corrected chi connectivity index (χ1v) is 5.91. The topological polar surface area (TPSA) is 84.2 Å². The molecule has 1 aromatic heterocycles. The van der Waals surface area contributed by atoms with Crippen molar-refractivity contribution in [3.8, 4) is 17.1 Å². The predicted octanol–water partition coefficient (Wildman–Crippen LogP) is 2.12. The van der Waals surface area contributed by atoms with Crippen LogP contribution in [0.4, 0.5) is 10.5 Å². The molecule has 0 bridgehead atoms. The molecule has 0 atom stereocenters. The minimum Gasteiger partial charge on any atom is -0.496 e. The molecule has 1 aromatic carbocycles. The van der Waals surface area contributed by atoms with E-state index in [0.717, 1.165) is 15.6 Å². The number of hydrogen-bond acceptors (Lipinski definition) is 4. The van der Waals surface area contributed by atoms with Crippen LogP contribution >= 0.6 is 12.8 Å². The number of ether oxygens (including phenoxy) is 1. The zero-order chi connectivity index (χ0) is 14.0. The number of aromatic nitrogens is 2. The summed E-state index contributed by atoms with van der Waals surface area (Å²) in [5.74, 6) is 1.28. The molecule has 0 aliphatic heterocycles. The molecule has 1 heterocycles. The standard InChI is InChI=1S/C12H14N4O2S/c1-7-6-14-11(15-7)9-4-3-8(5-10(9)18-2)16(19)12(13)17/h3-6,19H,1-2H3,(H2,13,17)(H,14,15). The average Bonchev–Trinajstić information content (AvgIpc) is 2.83. The molecule has 2 rings (SSSR count). The van der Waals surface area contributed by atoms with Crippen LogP contribution in [0.1, 0.15) is 5.69 Å². The molecule has 0 aliphatic rings. The second-order valence-electron chi connectivity index (χ2n) is 3.93. The van der Waals surface area contributed by atoms with Gasteiger partial charge in [0.1, 0.15) is 11.6 Å². The fraction of sp³-hybridized carbons (Fsp3) is 0.167. The summed E-state index contributed by atoms with van der Waals surface area (Å²) < 4.78 is 6.35. The molecule has 0 saturated carbocycles. The van der Waals surface area contributed by atoms with Gasteiger partial charge in [0.05, 0.1) is 24.1 Å². The molecule has 2 amide bonds. The number of nitrogens with one attached hydrogen (secondary N) is 1. The van der Waals surface area contributed by atoms with Crippen LogP contribution in [-0.4, -0.2) is 23.1 Å². The quantitative estimate of drug-likeness (QED) is 0.752. The molecule has 19 heavy (non-hydrogen) atoms. The Morgan fingerprint density at radius 3 is 2.79 bits per heavy atom. The Morgan fingerprint density at radius 2 is 2.26 bits per heavy atom. The highest BCUT2D eigenvalue weighted by atomic mass is 32.1. The van der Waals surface area contributed by atoms with Crippen LogP contribution in [0.2, 0.25) is 0 Å².